The van der Waals surface area contributed by atoms with Gasteiger partial charge < -0.3 is 20.4 Å². The van der Waals surface area contributed by atoms with Crippen molar-refractivity contribution in [1.29, 1.82) is 0 Å². The van der Waals surface area contributed by atoms with Crippen molar-refractivity contribution in [3.05, 3.63) is 35.6 Å². The van der Waals surface area contributed by atoms with Crippen LogP contribution in [0.3, 0.4) is 0 Å². The van der Waals surface area contributed by atoms with Crippen LogP contribution in [0.2, 0.25) is 0 Å². The van der Waals surface area contributed by atoms with E-state index >= 15 is 0 Å². The third kappa shape index (κ3) is 2.86. The van der Waals surface area contributed by atoms with Crippen molar-refractivity contribution in [2.24, 2.45) is 39.9 Å². The molecule has 0 heterocycles. The number of fused-ring (bicyclic) bond motifs is 4. The Bertz CT molecular complexity index is 1120. The van der Waals surface area contributed by atoms with Crippen LogP contribution in [0, 0.1) is 39.9 Å². The number of aliphatic hydroxyl groups is 4. The van der Waals surface area contributed by atoms with E-state index in [1.807, 2.05) is 13.0 Å². The standard InChI is InChI=1S/C28H36O7/c1-14-15-6-7-19-25(4)11-18(30)23-27(25,13-28(23,35)20(31)8-9-24(2,3)34)12-21(32)26(19,5)16(15)10-17(29)22(14)33/h6,8-10,14,16,18-19,23,29-30,34-35H,7,11-13H2,1-5H3/b9-8+/t14-,16?,18?,19?,23?,25+,26+,27+,28+/m1/s1. The number of allylic oxidation sites excluding steroid dienone is 4. The summed E-state index contributed by atoms with van der Waals surface area (Å²) < 4.78 is 0. The summed E-state index contributed by atoms with van der Waals surface area (Å²) in [7, 11) is 0. The molecule has 35 heavy (non-hydrogen) atoms. The van der Waals surface area contributed by atoms with Crippen molar-refractivity contribution < 1.29 is 34.8 Å². The lowest BCUT2D eigenvalue weighted by molar-refractivity contribution is -0.247. The average molecular weight is 485 g/mol. The molecule has 0 bridgehead atoms. The van der Waals surface area contributed by atoms with E-state index in [4.69, 9.17) is 0 Å². The van der Waals surface area contributed by atoms with Gasteiger partial charge in [-0.2, -0.15) is 0 Å². The third-order valence-electron chi connectivity index (χ3n) is 10.6. The van der Waals surface area contributed by atoms with Crippen LogP contribution in [0.15, 0.2) is 35.6 Å². The van der Waals surface area contributed by atoms with Gasteiger partial charge >= 0.3 is 0 Å². The fraction of sp³-hybridized carbons (Fsp3) is 0.679. The monoisotopic (exact) mass is 484 g/mol. The number of hydrogen-bond donors (Lipinski definition) is 4. The number of carbonyl (C=O) groups is 3. The molecule has 5 aliphatic carbocycles. The molecule has 7 nitrogen and oxygen atoms in total. The molecule has 0 aromatic rings. The van der Waals surface area contributed by atoms with Crippen molar-refractivity contribution in [2.45, 2.75) is 77.6 Å². The molecule has 0 aromatic carbocycles. The summed E-state index contributed by atoms with van der Waals surface area (Å²) in [6, 6.07) is 0. The van der Waals surface area contributed by atoms with E-state index in [1.54, 1.807) is 6.92 Å². The highest BCUT2D eigenvalue weighted by molar-refractivity contribution is 6.01. The smallest absolute Gasteiger partial charge is 0.203 e. The number of hydrogen-bond acceptors (Lipinski definition) is 7. The maximum absolute atomic E-state index is 14.0. The minimum absolute atomic E-state index is 0.0122. The number of carbonyl (C=O) groups excluding carboxylic acids is 3. The third-order valence-corrected chi connectivity index (χ3v) is 10.6. The molecule has 7 heteroatoms. The Balaban J connectivity index is 1.56. The molecule has 0 radical (unpaired) electrons. The molecule has 1 spiro atoms. The zero-order valence-electron chi connectivity index (χ0n) is 21.0. The lowest BCUT2D eigenvalue weighted by Gasteiger charge is -2.69. The van der Waals surface area contributed by atoms with E-state index in [2.05, 4.69) is 6.92 Å². The molecule has 4 unspecified atom stereocenters. The Morgan fingerprint density at radius 2 is 1.89 bits per heavy atom. The molecular weight excluding hydrogens is 448 g/mol. The SMILES string of the molecule is C[C@H]1C(=O)C(O)=CC2C1=CCC1[C@@]2(C)C(=O)C[C@]23C[C@](O)(C(=O)/C=C/C(C)(C)O)C2C(O)C[C@@]13C. The van der Waals surface area contributed by atoms with Crippen LogP contribution in [0.4, 0.5) is 0 Å². The highest BCUT2D eigenvalue weighted by Crippen LogP contribution is 2.79. The van der Waals surface area contributed by atoms with Gasteiger partial charge in [-0.05, 0) is 62.0 Å². The first-order chi connectivity index (χ1) is 16.0. The molecule has 9 atom stereocenters. The predicted octanol–water partition coefficient (Wildman–Crippen LogP) is 2.59. The van der Waals surface area contributed by atoms with E-state index in [1.165, 1.54) is 32.1 Å². The Morgan fingerprint density at radius 3 is 2.51 bits per heavy atom. The molecule has 5 rings (SSSR count). The summed E-state index contributed by atoms with van der Waals surface area (Å²) in [6.45, 7) is 8.81. The second-order valence-electron chi connectivity index (χ2n) is 12.8. The first-order valence-electron chi connectivity index (χ1n) is 12.6. The maximum Gasteiger partial charge on any atom is 0.203 e. The fourth-order valence-electron chi connectivity index (χ4n) is 8.84. The second kappa shape index (κ2) is 7.02. The van der Waals surface area contributed by atoms with Crippen LogP contribution in [0.25, 0.3) is 0 Å². The molecule has 4 N–H and O–H groups in total. The van der Waals surface area contributed by atoms with Crippen molar-refractivity contribution >= 4 is 17.3 Å². The van der Waals surface area contributed by atoms with Gasteiger partial charge in [0.15, 0.2) is 11.5 Å². The van der Waals surface area contributed by atoms with Gasteiger partial charge in [0.1, 0.15) is 11.4 Å². The molecule has 0 aliphatic heterocycles. The van der Waals surface area contributed by atoms with Crippen LogP contribution in [-0.4, -0.2) is 55.1 Å². The van der Waals surface area contributed by atoms with E-state index < -0.39 is 57.1 Å². The zero-order valence-corrected chi connectivity index (χ0v) is 21.0. The molecular formula is C28H36O7. The van der Waals surface area contributed by atoms with Gasteiger partial charge in [0.2, 0.25) is 5.78 Å². The normalized spacial score (nSPS) is 48.9. The largest absolute Gasteiger partial charge is 0.505 e. The molecule has 5 aliphatic rings. The fourth-order valence-corrected chi connectivity index (χ4v) is 8.84. The maximum atomic E-state index is 14.0. The van der Waals surface area contributed by atoms with Gasteiger partial charge in [-0.1, -0.05) is 38.5 Å². The van der Waals surface area contributed by atoms with Crippen molar-refractivity contribution in [3.63, 3.8) is 0 Å². The average Bonchev–Trinajstić information content (AvgIpc) is 2.92. The Labute approximate surface area is 205 Å². The van der Waals surface area contributed by atoms with E-state index in [9.17, 15) is 34.8 Å². The topological polar surface area (TPSA) is 132 Å². The zero-order chi connectivity index (χ0) is 25.9. The van der Waals surface area contributed by atoms with Crippen LogP contribution in [-0.2, 0) is 14.4 Å². The van der Waals surface area contributed by atoms with Crippen LogP contribution in [0.1, 0.15) is 60.3 Å². The summed E-state index contributed by atoms with van der Waals surface area (Å²) in [5, 5.41) is 43.0. The first-order valence-corrected chi connectivity index (χ1v) is 12.6. The quantitative estimate of drug-likeness (QED) is 0.358. The Morgan fingerprint density at radius 1 is 1.23 bits per heavy atom. The van der Waals surface area contributed by atoms with Crippen LogP contribution >= 0.6 is 0 Å². The summed E-state index contributed by atoms with van der Waals surface area (Å²) in [4.78, 5) is 39.5. The number of aliphatic hydroxyl groups excluding tert-OH is 2. The number of rotatable bonds is 3. The van der Waals surface area contributed by atoms with Gasteiger partial charge in [-0.3, -0.25) is 14.4 Å². The predicted molar refractivity (Wildman–Crippen MR) is 127 cm³/mol. The van der Waals surface area contributed by atoms with Gasteiger partial charge in [-0.25, -0.2) is 0 Å². The first kappa shape index (κ1) is 24.6. The van der Waals surface area contributed by atoms with Crippen molar-refractivity contribution in [2.75, 3.05) is 0 Å². The van der Waals surface area contributed by atoms with E-state index in [-0.39, 0.29) is 36.1 Å². The molecule has 0 saturated heterocycles. The Kier molecular flexibility index (Phi) is 4.93. The highest BCUT2D eigenvalue weighted by atomic mass is 16.3. The van der Waals surface area contributed by atoms with E-state index in [0.29, 0.717) is 12.8 Å². The van der Waals surface area contributed by atoms with Gasteiger partial charge in [0.25, 0.3) is 0 Å². The van der Waals surface area contributed by atoms with Gasteiger partial charge in [0, 0.05) is 29.6 Å². The number of Topliss-reactive ketones (excluding diaryl/α,β-unsaturated/α-hetero) is 2. The molecule has 3 fully saturated rings. The molecule has 0 amide bonds. The van der Waals surface area contributed by atoms with E-state index in [0.717, 1.165) is 5.57 Å². The Hall–Kier alpha value is -2.09. The lowest BCUT2D eigenvalue weighted by Crippen LogP contribution is -2.73. The summed E-state index contributed by atoms with van der Waals surface area (Å²) in [6.07, 6.45) is 6.26. The molecule has 3 saturated carbocycles. The minimum Gasteiger partial charge on any atom is -0.505 e. The molecule has 0 aromatic heterocycles. The second-order valence-corrected chi connectivity index (χ2v) is 12.8. The number of ketones is 3. The van der Waals surface area contributed by atoms with Crippen LogP contribution < -0.4 is 0 Å². The summed E-state index contributed by atoms with van der Waals surface area (Å²) >= 11 is 0. The van der Waals surface area contributed by atoms with Gasteiger partial charge in [0.05, 0.1) is 11.7 Å². The van der Waals surface area contributed by atoms with Gasteiger partial charge in [-0.15, -0.1) is 0 Å². The minimum atomic E-state index is -1.79. The lowest BCUT2D eigenvalue weighted by atomic mass is 9.34. The summed E-state index contributed by atoms with van der Waals surface area (Å²) in [5.74, 6) is -3.05. The van der Waals surface area contributed by atoms with Crippen LogP contribution in [0.5, 0.6) is 0 Å². The highest BCUT2D eigenvalue weighted by Gasteiger charge is 2.82. The summed E-state index contributed by atoms with van der Waals surface area (Å²) in [5.41, 5.74) is -4.24. The van der Waals surface area contributed by atoms with Crippen molar-refractivity contribution in [1.82, 2.24) is 0 Å². The molecule has 190 valence electrons. The van der Waals surface area contributed by atoms with Crippen molar-refractivity contribution in [3.8, 4) is 0 Å².